The van der Waals surface area contributed by atoms with Crippen molar-refractivity contribution in [2.75, 3.05) is 12.0 Å². The highest BCUT2D eigenvalue weighted by molar-refractivity contribution is 6.52. The van der Waals surface area contributed by atoms with Crippen LogP contribution in [0.5, 0.6) is 11.5 Å². The first kappa shape index (κ1) is 22.6. The summed E-state index contributed by atoms with van der Waals surface area (Å²) in [5.41, 5.74) is 0.222. The molecule has 0 aromatic heterocycles. The Balaban J connectivity index is 2.01. The molecule has 0 spiro atoms. The van der Waals surface area contributed by atoms with Crippen molar-refractivity contribution in [2.24, 2.45) is 0 Å². The van der Waals surface area contributed by atoms with Crippen LogP contribution in [0.3, 0.4) is 0 Å². The average Bonchev–Trinajstić information content (AvgIpc) is 3.05. The summed E-state index contributed by atoms with van der Waals surface area (Å²) in [5, 5.41) is 21.3. The third-order valence-electron chi connectivity index (χ3n) is 5.23. The first-order valence-electron chi connectivity index (χ1n) is 9.61. The van der Waals surface area contributed by atoms with E-state index < -0.39 is 29.3 Å². The smallest absolute Gasteiger partial charge is 0.300 e. The molecule has 2 N–H and O–H groups in total. The molecule has 6 nitrogen and oxygen atoms in total. The minimum Gasteiger partial charge on any atom is -0.507 e. The zero-order valence-corrected chi connectivity index (χ0v) is 18.6. The Morgan fingerprint density at radius 2 is 1.82 bits per heavy atom. The fourth-order valence-corrected chi connectivity index (χ4v) is 4.12. The molecule has 1 saturated heterocycles. The summed E-state index contributed by atoms with van der Waals surface area (Å²) in [6, 6.07) is 12.7. The first-order valence-corrected chi connectivity index (χ1v) is 10.4. The standard InChI is InChI=1S/C24H16Cl2FNO5/c1-33-19-8-6-14(27)11-16(19)22(30)20-21(12-5-7-18(29)17(26)9-12)28(24(32)23(20)31)15-4-2-3-13(25)10-15/h2-11,21,29-30H,1H3/b22-20+. The van der Waals surface area contributed by atoms with E-state index >= 15 is 0 Å². The summed E-state index contributed by atoms with van der Waals surface area (Å²) in [6.07, 6.45) is 0. The zero-order valence-electron chi connectivity index (χ0n) is 17.1. The summed E-state index contributed by atoms with van der Waals surface area (Å²) in [7, 11) is 1.33. The number of aliphatic hydroxyl groups excluding tert-OH is 1. The van der Waals surface area contributed by atoms with Crippen LogP contribution in [-0.2, 0) is 9.59 Å². The lowest BCUT2D eigenvalue weighted by Crippen LogP contribution is -2.29. The molecule has 1 atom stereocenters. The van der Waals surface area contributed by atoms with Crippen LogP contribution in [0.15, 0.2) is 66.2 Å². The van der Waals surface area contributed by atoms with E-state index in [4.69, 9.17) is 27.9 Å². The molecule has 1 aliphatic heterocycles. The van der Waals surface area contributed by atoms with Gasteiger partial charge in [0.05, 0.1) is 29.3 Å². The second-order valence-corrected chi connectivity index (χ2v) is 8.05. The molecular weight excluding hydrogens is 472 g/mol. The number of ketones is 1. The van der Waals surface area contributed by atoms with Crippen LogP contribution in [-0.4, -0.2) is 29.0 Å². The summed E-state index contributed by atoms with van der Waals surface area (Å²) >= 11 is 12.2. The number of carbonyl (C=O) groups excluding carboxylic acids is 2. The molecule has 1 unspecified atom stereocenters. The Hall–Kier alpha value is -3.55. The van der Waals surface area contributed by atoms with Crippen molar-refractivity contribution in [1.82, 2.24) is 0 Å². The van der Waals surface area contributed by atoms with E-state index in [0.717, 1.165) is 17.0 Å². The van der Waals surface area contributed by atoms with Gasteiger partial charge in [0.2, 0.25) is 0 Å². The second kappa shape index (κ2) is 8.77. The Bertz CT molecular complexity index is 1320. The number of hydrogen-bond donors (Lipinski definition) is 2. The summed E-state index contributed by atoms with van der Waals surface area (Å²) in [4.78, 5) is 27.4. The Labute approximate surface area is 198 Å². The number of anilines is 1. The Morgan fingerprint density at radius 1 is 1.06 bits per heavy atom. The number of Topliss-reactive ketones (excluding diaryl/α,β-unsaturated/α-hetero) is 1. The maximum Gasteiger partial charge on any atom is 0.300 e. The molecule has 1 amide bonds. The van der Waals surface area contributed by atoms with Crippen molar-refractivity contribution < 1.29 is 28.9 Å². The van der Waals surface area contributed by atoms with Gasteiger partial charge in [0.25, 0.3) is 11.7 Å². The number of phenolic OH excluding ortho intramolecular Hbond substituents is 1. The highest BCUT2D eigenvalue weighted by Crippen LogP contribution is 2.44. The maximum atomic E-state index is 14.0. The molecule has 1 heterocycles. The van der Waals surface area contributed by atoms with Gasteiger partial charge in [-0.3, -0.25) is 14.5 Å². The molecule has 0 bridgehead atoms. The molecule has 3 aromatic carbocycles. The van der Waals surface area contributed by atoms with Gasteiger partial charge < -0.3 is 14.9 Å². The van der Waals surface area contributed by atoms with E-state index in [9.17, 15) is 24.2 Å². The number of nitrogens with zero attached hydrogens (tertiary/aromatic N) is 1. The van der Waals surface area contributed by atoms with Gasteiger partial charge in [-0.05, 0) is 54.1 Å². The summed E-state index contributed by atoms with van der Waals surface area (Å²) < 4.78 is 19.2. The number of halogens is 3. The molecule has 0 aliphatic carbocycles. The fourth-order valence-electron chi connectivity index (χ4n) is 3.74. The van der Waals surface area contributed by atoms with Gasteiger partial charge in [0, 0.05) is 10.7 Å². The second-order valence-electron chi connectivity index (χ2n) is 7.20. The van der Waals surface area contributed by atoms with Crippen LogP contribution in [0.1, 0.15) is 17.2 Å². The van der Waals surface area contributed by atoms with Crippen molar-refractivity contribution in [3.05, 3.63) is 93.2 Å². The lowest BCUT2D eigenvalue weighted by Gasteiger charge is -2.26. The molecule has 4 rings (SSSR count). The van der Waals surface area contributed by atoms with Crippen molar-refractivity contribution in [3.8, 4) is 11.5 Å². The van der Waals surface area contributed by atoms with E-state index in [0.29, 0.717) is 16.3 Å². The minimum atomic E-state index is -1.14. The number of aliphatic hydroxyl groups is 1. The summed E-state index contributed by atoms with van der Waals surface area (Å²) in [6.45, 7) is 0. The number of aromatic hydroxyl groups is 1. The third-order valence-corrected chi connectivity index (χ3v) is 5.77. The van der Waals surface area contributed by atoms with Gasteiger partial charge in [-0.2, -0.15) is 0 Å². The van der Waals surface area contributed by atoms with Crippen LogP contribution < -0.4 is 9.64 Å². The number of hydrogen-bond acceptors (Lipinski definition) is 5. The van der Waals surface area contributed by atoms with E-state index in [1.807, 2.05) is 0 Å². The largest absolute Gasteiger partial charge is 0.507 e. The lowest BCUT2D eigenvalue weighted by molar-refractivity contribution is -0.132. The Kier molecular flexibility index (Phi) is 6.01. The van der Waals surface area contributed by atoms with Crippen LogP contribution >= 0.6 is 23.2 Å². The van der Waals surface area contributed by atoms with Crippen molar-refractivity contribution in [2.45, 2.75) is 6.04 Å². The molecule has 0 radical (unpaired) electrons. The molecular formula is C24H16Cl2FNO5. The van der Waals surface area contributed by atoms with Crippen LogP contribution in [0.4, 0.5) is 10.1 Å². The fraction of sp³-hybridized carbons (Fsp3) is 0.0833. The molecule has 1 fully saturated rings. The zero-order chi connectivity index (χ0) is 23.9. The van der Waals surface area contributed by atoms with Crippen LogP contribution in [0.25, 0.3) is 5.76 Å². The van der Waals surface area contributed by atoms with E-state index in [-0.39, 0.29) is 27.7 Å². The first-order chi connectivity index (χ1) is 15.7. The van der Waals surface area contributed by atoms with Gasteiger partial charge >= 0.3 is 0 Å². The molecule has 0 saturated carbocycles. The third kappa shape index (κ3) is 4.01. The highest BCUT2D eigenvalue weighted by Gasteiger charge is 2.47. The minimum absolute atomic E-state index is 0.0208. The van der Waals surface area contributed by atoms with Gasteiger partial charge in [-0.15, -0.1) is 0 Å². The number of ether oxygens (including phenoxy) is 1. The van der Waals surface area contributed by atoms with Gasteiger partial charge in [-0.1, -0.05) is 35.3 Å². The molecule has 1 aliphatic rings. The van der Waals surface area contributed by atoms with Crippen molar-refractivity contribution in [1.29, 1.82) is 0 Å². The molecule has 33 heavy (non-hydrogen) atoms. The molecule has 168 valence electrons. The SMILES string of the molecule is COc1ccc(F)cc1/C(O)=C1\C(=O)C(=O)N(c2cccc(Cl)c2)C1c1ccc(O)c(Cl)c1. The number of methoxy groups -OCH3 is 1. The van der Waals surface area contributed by atoms with Gasteiger partial charge in [-0.25, -0.2) is 4.39 Å². The predicted octanol–water partition coefficient (Wildman–Crippen LogP) is 5.47. The number of benzene rings is 3. The molecule has 9 heteroatoms. The van der Waals surface area contributed by atoms with Crippen molar-refractivity contribution >= 4 is 46.3 Å². The highest BCUT2D eigenvalue weighted by atomic mass is 35.5. The Morgan fingerprint density at radius 3 is 2.48 bits per heavy atom. The van der Waals surface area contributed by atoms with Crippen molar-refractivity contribution in [3.63, 3.8) is 0 Å². The number of amides is 1. The van der Waals surface area contributed by atoms with Gasteiger partial charge in [0.15, 0.2) is 0 Å². The molecule has 3 aromatic rings. The number of rotatable bonds is 4. The maximum absolute atomic E-state index is 14.0. The average molecular weight is 488 g/mol. The van der Waals surface area contributed by atoms with E-state index in [1.54, 1.807) is 18.2 Å². The number of phenols is 1. The quantitative estimate of drug-likeness (QED) is 0.289. The summed E-state index contributed by atoms with van der Waals surface area (Å²) in [5.74, 6) is -3.32. The predicted molar refractivity (Wildman–Crippen MR) is 122 cm³/mol. The van der Waals surface area contributed by atoms with Crippen LogP contribution in [0, 0.1) is 5.82 Å². The number of carbonyl (C=O) groups is 2. The topological polar surface area (TPSA) is 87.1 Å². The van der Waals surface area contributed by atoms with Crippen LogP contribution in [0.2, 0.25) is 10.0 Å². The lowest BCUT2D eigenvalue weighted by atomic mass is 9.94. The monoisotopic (exact) mass is 487 g/mol. The van der Waals surface area contributed by atoms with E-state index in [2.05, 4.69) is 0 Å². The van der Waals surface area contributed by atoms with Gasteiger partial charge in [0.1, 0.15) is 23.1 Å². The normalized spacial score (nSPS) is 17.5. The van der Waals surface area contributed by atoms with E-state index in [1.165, 1.54) is 37.4 Å².